The zero-order valence-corrected chi connectivity index (χ0v) is 20.4. The lowest BCUT2D eigenvalue weighted by molar-refractivity contribution is 0.0889. The van der Waals surface area contributed by atoms with Crippen LogP contribution in [0.3, 0.4) is 0 Å². The van der Waals surface area contributed by atoms with Crippen molar-refractivity contribution in [2.45, 2.75) is 64.9 Å². The van der Waals surface area contributed by atoms with E-state index in [0.717, 1.165) is 48.2 Å². The number of aromatic nitrogens is 5. The third kappa shape index (κ3) is 4.96. The molecule has 1 fully saturated rings. The first kappa shape index (κ1) is 22.9. The lowest BCUT2D eigenvalue weighted by atomic mass is 10.1. The van der Waals surface area contributed by atoms with Gasteiger partial charge in [0.15, 0.2) is 5.82 Å². The lowest BCUT2D eigenvalue weighted by Gasteiger charge is -2.30. The monoisotopic (exact) mass is 478 g/mol. The Hall–Kier alpha value is -2.88. The molecule has 0 saturated carbocycles. The fraction of sp³-hybridized carbons (Fsp3) is 0.440. The predicted molar refractivity (Wildman–Crippen MR) is 133 cm³/mol. The smallest absolute Gasteiger partial charge is 0.252 e. The van der Waals surface area contributed by atoms with E-state index in [1.165, 1.54) is 10.4 Å². The normalized spacial score (nSPS) is 17.1. The fourth-order valence-electron chi connectivity index (χ4n) is 4.75. The van der Waals surface area contributed by atoms with Crippen LogP contribution in [0.2, 0.25) is 0 Å². The van der Waals surface area contributed by atoms with Gasteiger partial charge in [0.2, 0.25) is 0 Å². The minimum absolute atomic E-state index is 0.0360. The number of pyridine rings is 1. The Balaban J connectivity index is 1.48. The van der Waals surface area contributed by atoms with Crippen LogP contribution >= 0.6 is 11.3 Å². The quantitative estimate of drug-likeness (QED) is 0.388. The van der Waals surface area contributed by atoms with Crippen LogP contribution in [0.1, 0.15) is 54.1 Å². The third-order valence-electron chi connectivity index (χ3n) is 6.47. The van der Waals surface area contributed by atoms with E-state index < -0.39 is 0 Å². The summed E-state index contributed by atoms with van der Waals surface area (Å²) in [7, 11) is 0. The van der Waals surface area contributed by atoms with Gasteiger partial charge in [0, 0.05) is 35.7 Å². The van der Waals surface area contributed by atoms with Gasteiger partial charge in [-0.1, -0.05) is 24.6 Å². The number of hydrogen-bond donors (Lipinski definition) is 1. The van der Waals surface area contributed by atoms with Crippen LogP contribution in [0, 0.1) is 6.92 Å². The Bertz CT molecular complexity index is 1290. The van der Waals surface area contributed by atoms with E-state index in [0.29, 0.717) is 19.6 Å². The molecule has 0 amide bonds. The molecule has 3 aromatic heterocycles. The largest absolute Gasteiger partial charge is 0.376 e. The van der Waals surface area contributed by atoms with E-state index in [2.05, 4.69) is 62.8 Å². The number of aromatic amines is 1. The van der Waals surface area contributed by atoms with Crippen molar-refractivity contribution >= 4 is 22.2 Å². The molecule has 0 radical (unpaired) electrons. The number of hydrogen-bond acceptors (Lipinski definition) is 7. The van der Waals surface area contributed by atoms with E-state index >= 15 is 0 Å². The van der Waals surface area contributed by atoms with Crippen molar-refractivity contribution in [3.05, 3.63) is 74.0 Å². The highest BCUT2D eigenvalue weighted by molar-refractivity contribution is 7.09. The first-order chi connectivity index (χ1) is 16.6. The van der Waals surface area contributed by atoms with Gasteiger partial charge in [-0.2, -0.15) is 0 Å². The standard InChI is InChI=1S/C25H30N6O2S/c1-3-23(24-27-28-29-31(24)15-20-6-4-10-33-20)30(16-21-7-5-11-34-21)14-19-13-18-12-17(2)8-9-22(18)26-25(19)32/h5,7-9,11-13,20,23H,3-4,6,10,14-16H2,1-2H3,(H,26,32)/t20-,23-/m0/s1. The summed E-state index contributed by atoms with van der Waals surface area (Å²) in [6.45, 7) is 6.88. The van der Waals surface area contributed by atoms with Crippen molar-refractivity contribution in [3.8, 4) is 0 Å². The van der Waals surface area contributed by atoms with Crippen LogP contribution in [0.15, 0.2) is 46.6 Å². The second-order valence-electron chi connectivity index (χ2n) is 8.98. The summed E-state index contributed by atoms with van der Waals surface area (Å²) in [5.41, 5.74) is 2.71. The molecule has 1 aliphatic heterocycles. The maximum atomic E-state index is 13.0. The first-order valence-electron chi connectivity index (χ1n) is 11.9. The number of nitrogens with one attached hydrogen (secondary N) is 1. The molecule has 5 rings (SSSR count). The van der Waals surface area contributed by atoms with Crippen LogP contribution in [-0.4, -0.2) is 42.8 Å². The van der Waals surface area contributed by atoms with Crippen LogP contribution in [0.25, 0.3) is 10.9 Å². The molecule has 4 aromatic rings. The number of nitrogens with zero attached hydrogens (tertiary/aromatic N) is 5. The third-order valence-corrected chi connectivity index (χ3v) is 7.34. The van der Waals surface area contributed by atoms with Crippen molar-refractivity contribution in [1.82, 2.24) is 30.1 Å². The number of H-pyrrole nitrogens is 1. The highest BCUT2D eigenvalue weighted by Gasteiger charge is 2.28. The molecule has 0 unspecified atom stereocenters. The van der Waals surface area contributed by atoms with E-state index in [1.54, 1.807) is 11.3 Å². The SMILES string of the molecule is CC[C@@H](c1nnnn1C[C@@H]1CCCO1)N(Cc1cccs1)Cc1cc2cc(C)ccc2[nH]c1=O. The molecule has 0 spiro atoms. The Morgan fingerprint density at radius 1 is 1.29 bits per heavy atom. The molecule has 8 nitrogen and oxygen atoms in total. The van der Waals surface area contributed by atoms with Crippen LogP contribution in [-0.2, 0) is 24.4 Å². The van der Waals surface area contributed by atoms with Gasteiger partial charge in [-0.25, -0.2) is 4.68 Å². The Morgan fingerprint density at radius 2 is 2.21 bits per heavy atom. The topological polar surface area (TPSA) is 88.9 Å². The Kier molecular flexibility index (Phi) is 6.85. The van der Waals surface area contributed by atoms with Gasteiger partial charge >= 0.3 is 0 Å². The van der Waals surface area contributed by atoms with Gasteiger partial charge in [0.05, 0.1) is 18.7 Å². The summed E-state index contributed by atoms with van der Waals surface area (Å²) in [6, 6.07) is 12.3. The average Bonchev–Trinajstić information content (AvgIpc) is 3.60. The molecule has 0 bridgehead atoms. The molecule has 2 atom stereocenters. The van der Waals surface area contributed by atoms with Gasteiger partial charge in [-0.15, -0.1) is 16.4 Å². The van der Waals surface area contributed by atoms with Gasteiger partial charge in [-0.3, -0.25) is 9.69 Å². The van der Waals surface area contributed by atoms with E-state index in [9.17, 15) is 4.79 Å². The highest BCUT2D eigenvalue weighted by Crippen LogP contribution is 2.28. The van der Waals surface area contributed by atoms with Crippen molar-refractivity contribution < 1.29 is 4.74 Å². The Morgan fingerprint density at radius 3 is 2.97 bits per heavy atom. The van der Waals surface area contributed by atoms with Gasteiger partial charge in [-0.05, 0) is 71.6 Å². The van der Waals surface area contributed by atoms with Crippen molar-refractivity contribution in [2.75, 3.05) is 6.61 Å². The van der Waals surface area contributed by atoms with Gasteiger partial charge in [0.25, 0.3) is 5.56 Å². The summed E-state index contributed by atoms with van der Waals surface area (Å²) in [4.78, 5) is 19.6. The molecule has 4 heterocycles. The van der Waals surface area contributed by atoms with E-state index in [-0.39, 0.29) is 17.7 Å². The van der Waals surface area contributed by atoms with Crippen LogP contribution < -0.4 is 5.56 Å². The van der Waals surface area contributed by atoms with E-state index in [1.807, 2.05) is 22.9 Å². The van der Waals surface area contributed by atoms with E-state index in [4.69, 9.17) is 4.74 Å². The van der Waals surface area contributed by atoms with Gasteiger partial charge in [0.1, 0.15) is 0 Å². The molecular weight excluding hydrogens is 448 g/mol. The Labute approximate surface area is 202 Å². The molecule has 34 heavy (non-hydrogen) atoms. The van der Waals surface area contributed by atoms with Crippen molar-refractivity contribution in [3.63, 3.8) is 0 Å². The summed E-state index contributed by atoms with van der Waals surface area (Å²) in [5.74, 6) is 0.822. The number of aryl methyl sites for hydroxylation is 1. The van der Waals surface area contributed by atoms with Crippen LogP contribution in [0.4, 0.5) is 0 Å². The molecule has 1 aromatic carbocycles. The molecule has 0 aliphatic carbocycles. The fourth-order valence-corrected chi connectivity index (χ4v) is 5.48. The second kappa shape index (κ2) is 10.2. The number of ether oxygens (including phenoxy) is 1. The minimum atomic E-state index is -0.0543. The first-order valence-corrected chi connectivity index (χ1v) is 12.8. The molecule has 178 valence electrons. The van der Waals surface area contributed by atoms with Crippen molar-refractivity contribution in [1.29, 1.82) is 0 Å². The lowest BCUT2D eigenvalue weighted by Crippen LogP contribution is -2.33. The highest BCUT2D eigenvalue weighted by atomic mass is 32.1. The molecule has 1 N–H and O–H groups in total. The molecular formula is C25H30N6O2S. The minimum Gasteiger partial charge on any atom is -0.376 e. The maximum absolute atomic E-state index is 13.0. The number of thiophene rings is 1. The number of fused-ring (bicyclic) bond motifs is 1. The number of benzene rings is 1. The number of rotatable bonds is 9. The summed E-state index contributed by atoms with van der Waals surface area (Å²) >= 11 is 1.72. The number of tetrazole rings is 1. The van der Waals surface area contributed by atoms with Crippen LogP contribution in [0.5, 0.6) is 0 Å². The summed E-state index contributed by atoms with van der Waals surface area (Å²) in [6.07, 6.45) is 3.08. The molecule has 1 aliphatic rings. The molecule has 9 heteroatoms. The summed E-state index contributed by atoms with van der Waals surface area (Å²) in [5, 5.41) is 15.8. The summed E-state index contributed by atoms with van der Waals surface area (Å²) < 4.78 is 7.72. The predicted octanol–water partition coefficient (Wildman–Crippen LogP) is 4.22. The maximum Gasteiger partial charge on any atom is 0.252 e. The zero-order chi connectivity index (χ0) is 23.5. The molecule has 1 saturated heterocycles. The van der Waals surface area contributed by atoms with Gasteiger partial charge < -0.3 is 9.72 Å². The zero-order valence-electron chi connectivity index (χ0n) is 19.6. The second-order valence-corrected chi connectivity index (χ2v) is 10.0. The van der Waals surface area contributed by atoms with Crippen molar-refractivity contribution in [2.24, 2.45) is 0 Å². The average molecular weight is 479 g/mol.